The Morgan fingerprint density at radius 2 is 1.65 bits per heavy atom. The summed E-state index contributed by atoms with van der Waals surface area (Å²) in [7, 11) is 1.53. The lowest BCUT2D eigenvalue weighted by Crippen LogP contribution is -2.43. The van der Waals surface area contributed by atoms with E-state index < -0.39 is 17.0 Å². The number of rotatable bonds is 16. The van der Waals surface area contributed by atoms with Gasteiger partial charge in [0.25, 0.3) is 0 Å². The molecule has 0 radical (unpaired) electrons. The number of fused-ring (bicyclic) bond motifs is 5. The minimum atomic E-state index is -0.603. The third kappa shape index (κ3) is 8.93. The molecule has 1 aliphatic heterocycles. The molecule has 12 nitrogen and oxygen atoms in total. The molecule has 3 aromatic rings. The highest BCUT2D eigenvalue weighted by Crippen LogP contribution is 2.41. The number of benzene rings is 2. The Bertz CT molecular complexity index is 1620. The molecule has 1 N–H and O–H groups in total. The molecular formula is C36H47N5O7. The minimum absolute atomic E-state index is 0.00290. The van der Waals surface area contributed by atoms with Crippen LogP contribution in [-0.2, 0) is 46.5 Å². The van der Waals surface area contributed by atoms with Crippen LogP contribution >= 0.6 is 0 Å². The van der Waals surface area contributed by atoms with E-state index in [1.807, 2.05) is 76.2 Å². The second kappa shape index (κ2) is 16.1. The lowest BCUT2D eigenvalue weighted by atomic mass is 9.85. The van der Waals surface area contributed by atoms with Crippen LogP contribution in [0.25, 0.3) is 22.5 Å². The molecule has 0 bridgehead atoms. The average molecular weight is 662 g/mol. The van der Waals surface area contributed by atoms with Gasteiger partial charge in [0.1, 0.15) is 24.6 Å². The van der Waals surface area contributed by atoms with Crippen molar-refractivity contribution in [1.29, 1.82) is 0 Å². The first-order valence-electron chi connectivity index (χ1n) is 16.4. The van der Waals surface area contributed by atoms with Gasteiger partial charge in [0.2, 0.25) is 11.8 Å². The fourth-order valence-corrected chi connectivity index (χ4v) is 5.29. The summed E-state index contributed by atoms with van der Waals surface area (Å²) in [6, 6.07) is 15.0. The van der Waals surface area contributed by atoms with Crippen molar-refractivity contribution in [3.8, 4) is 22.5 Å². The van der Waals surface area contributed by atoms with Crippen LogP contribution in [0.3, 0.4) is 0 Å². The highest BCUT2D eigenvalue weighted by molar-refractivity contribution is 6.01. The van der Waals surface area contributed by atoms with Gasteiger partial charge in [0.15, 0.2) is 0 Å². The quantitative estimate of drug-likeness (QED) is 0.170. The van der Waals surface area contributed by atoms with E-state index in [-0.39, 0.29) is 63.3 Å². The van der Waals surface area contributed by atoms with E-state index in [1.165, 1.54) is 11.8 Å². The van der Waals surface area contributed by atoms with E-state index in [2.05, 4.69) is 15.6 Å². The van der Waals surface area contributed by atoms with Crippen molar-refractivity contribution in [2.75, 3.05) is 38.4 Å². The molecule has 2 aromatic carbocycles. The van der Waals surface area contributed by atoms with Crippen LogP contribution in [0.15, 0.2) is 48.5 Å². The maximum Gasteiger partial charge on any atom is 0.327 e. The third-order valence-electron chi connectivity index (χ3n) is 9.02. The van der Waals surface area contributed by atoms with Crippen molar-refractivity contribution >= 4 is 29.3 Å². The van der Waals surface area contributed by atoms with Crippen molar-refractivity contribution in [2.24, 2.45) is 5.41 Å². The smallest absolute Gasteiger partial charge is 0.327 e. The van der Waals surface area contributed by atoms with Crippen LogP contribution in [-0.4, -0.2) is 77.6 Å². The largest absolute Gasteiger partial charge is 0.462 e. The fraction of sp³-hybridized carbons (Fsp3) is 0.500. The molecule has 0 saturated carbocycles. The Kier molecular flexibility index (Phi) is 12.2. The minimum Gasteiger partial charge on any atom is -0.462 e. The monoisotopic (exact) mass is 661 g/mol. The number of Topliss-reactive ketones (excluding diaryl/α,β-unsaturated/α-hetero) is 1. The maximum atomic E-state index is 13.9. The molecule has 2 heterocycles. The van der Waals surface area contributed by atoms with Crippen LogP contribution in [0.5, 0.6) is 0 Å². The first-order chi connectivity index (χ1) is 22.9. The number of para-hydroxylation sites is 1. The van der Waals surface area contributed by atoms with Gasteiger partial charge in [-0.2, -0.15) is 0 Å². The third-order valence-corrected chi connectivity index (χ3v) is 9.02. The van der Waals surface area contributed by atoms with Crippen molar-refractivity contribution in [3.05, 3.63) is 54.1 Å². The summed E-state index contributed by atoms with van der Waals surface area (Å²) in [5.74, 6) is -0.827. The van der Waals surface area contributed by atoms with E-state index in [1.54, 1.807) is 11.8 Å². The van der Waals surface area contributed by atoms with Crippen LogP contribution in [0.2, 0.25) is 0 Å². The van der Waals surface area contributed by atoms with Crippen LogP contribution in [0, 0.1) is 5.41 Å². The first kappa shape index (κ1) is 36.4. The Balaban J connectivity index is 1.48. The molecular weight excluding hydrogens is 614 g/mol. The zero-order valence-corrected chi connectivity index (χ0v) is 28.8. The number of esters is 1. The van der Waals surface area contributed by atoms with Crippen LogP contribution in [0.1, 0.15) is 65.9 Å². The van der Waals surface area contributed by atoms with Gasteiger partial charge in [0, 0.05) is 49.6 Å². The van der Waals surface area contributed by atoms with E-state index in [0.717, 1.165) is 11.1 Å². The van der Waals surface area contributed by atoms with Crippen molar-refractivity contribution in [1.82, 2.24) is 20.3 Å². The van der Waals surface area contributed by atoms with E-state index in [0.29, 0.717) is 42.1 Å². The number of ketones is 1. The second-order valence-corrected chi connectivity index (χ2v) is 12.9. The Morgan fingerprint density at radius 3 is 2.35 bits per heavy atom. The topological polar surface area (TPSA) is 142 Å². The van der Waals surface area contributed by atoms with Gasteiger partial charge in [-0.3, -0.25) is 19.2 Å². The normalized spacial score (nSPS) is 13.7. The molecule has 1 atom stereocenters. The second-order valence-electron chi connectivity index (χ2n) is 12.9. The summed E-state index contributed by atoms with van der Waals surface area (Å²) >= 11 is 0. The van der Waals surface area contributed by atoms with E-state index >= 15 is 0 Å². The number of amides is 2. The van der Waals surface area contributed by atoms with Crippen molar-refractivity contribution < 1.29 is 33.4 Å². The zero-order valence-electron chi connectivity index (χ0n) is 28.8. The number of methoxy groups -OCH3 is 1. The summed E-state index contributed by atoms with van der Waals surface area (Å²) < 4.78 is 17.9. The Morgan fingerprint density at radius 1 is 0.938 bits per heavy atom. The molecule has 4 rings (SSSR count). The van der Waals surface area contributed by atoms with Crippen molar-refractivity contribution in [3.63, 3.8) is 0 Å². The predicted molar refractivity (Wildman–Crippen MR) is 181 cm³/mol. The first-order valence-corrected chi connectivity index (χ1v) is 16.4. The van der Waals surface area contributed by atoms with Gasteiger partial charge in [-0.15, -0.1) is 5.10 Å². The average Bonchev–Trinajstić information content (AvgIpc) is 3.46. The molecule has 0 spiro atoms. The number of carbonyl (C=O) groups excluding carboxylic acids is 4. The molecule has 48 heavy (non-hydrogen) atoms. The summed E-state index contributed by atoms with van der Waals surface area (Å²) in [6.45, 7) is 10.5. The van der Waals surface area contributed by atoms with Crippen LogP contribution in [0.4, 0.5) is 5.69 Å². The zero-order chi connectivity index (χ0) is 34.9. The molecule has 0 aliphatic carbocycles. The molecule has 12 heteroatoms. The Labute approximate surface area is 282 Å². The lowest BCUT2D eigenvalue weighted by molar-refractivity contribution is -0.145. The molecule has 258 valence electrons. The number of aromatic nitrogens is 3. The molecule has 0 saturated heterocycles. The van der Waals surface area contributed by atoms with Gasteiger partial charge in [0.05, 0.1) is 30.1 Å². The number of hydrogen-bond acceptors (Lipinski definition) is 9. The molecule has 1 aromatic heterocycles. The number of ether oxygens (including phenoxy) is 3. The summed E-state index contributed by atoms with van der Waals surface area (Å²) in [5.41, 5.74) is 3.05. The van der Waals surface area contributed by atoms with Gasteiger partial charge < -0.3 is 24.4 Å². The summed E-state index contributed by atoms with van der Waals surface area (Å²) in [6.07, 6.45) is 1.24. The van der Waals surface area contributed by atoms with Gasteiger partial charge in [-0.25, -0.2) is 4.68 Å². The Hall–Kier alpha value is -4.42. The van der Waals surface area contributed by atoms with E-state index in [9.17, 15) is 19.2 Å². The SMILES string of the molecule is CCC(C)(CNC(=O)CCC(=O)N1Cc2ccccc2-c2c(nnn2CC(=O)OCCOC)-c2ccccc21)OCCC(C)(C)C(C)=O. The number of anilines is 1. The summed E-state index contributed by atoms with van der Waals surface area (Å²) in [5, 5.41) is 11.7. The molecule has 1 unspecified atom stereocenters. The van der Waals surface area contributed by atoms with Gasteiger partial charge >= 0.3 is 5.97 Å². The molecule has 1 aliphatic rings. The van der Waals surface area contributed by atoms with Gasteiger partial charge in [-0.05, 0) is 38.3 Å². The molecule has 0 fully saturated rings. The van der Waals surface area contributed by atoms with Crippen LogP contribution < -0.4 is 10.2 Å². The van der Waals surface area contributed by atoms with Crippen molar-refractivity contribution in [2.45, 2.75) is 79.0 Å². The number of nitrogens with one attached hydrogen (secondary N) is 1. The highest BCUT2D eigenvalue weighted by atomic mass is 16.6. The maximum absolute atomic E-state index is 13.9. The molecule has 2 amide bonds. The predicted octanol–water partition coefficient (Wildman–Crippen LogP) is 4.74. The number of nitrogens with zero attached hydrogens (tertiary/aromatic N) is 4. The fourth-order valence-electron chi connectivity index (χ4n) is 5.29. The number of hydrogen-bond donors (Lipinski definition) is 1. The standard InChI is InChI=1S/C36H47N5O7/c1-7-36(5,48-19-18-35(3,4)25(2)42)24-37-30(43)16-17-31(44)40-22-26-12-8-9-13-27(26)34-33(28-14-10-11-15-29(28)40)38-39-41(34)23-32(45)47-21-20-46-6/h8-15H,7,16-24H2,1-6H3,(H,37,43). The lowest BCUT2D eigenvalue weighted by Gasteiger charge is -2.31. The van der Waals surface area contributed by atoms with E-state index in [4.69, 9.17) is 14.2 Å². The number of carbonyl (C=O) groups is 4. The summed E-state index contributed by atoms with van der Waals surface area (Å²) in [4.78, 5) is 53.0. The highest BCUT2D eigenvalue weighted by Gasteiger charge is 2.31. The van der Waals surface area contributed by atoms with Gasteiger partial charge in [-0.1, -0.05) is 68.4 Å².